The van der Waals surface area contributed by atoms with Crippen LogP contribution in [0.4, 0.5) is 0 Å². The van der Waals surface area contributed by atoms with Crippen LogP contribution in [0.3, 0.4) is 0 Å². The van der Waals surface area contributed by atoms with Gasteiger partial charge < -0.3 is 14.5 Å². The molecule has 0 saturated heterocycles. The van der Waals surface area contributed by atoms with E-state index in [0.717, 1.165) is 25.7 Å². The molecular formula is C19H37O6P. The van der Waals surface area contributed by atoms with Crippen molar-refractivity contribution in [3.8, 4) is 0 Å². The molecule has 0 radical (unpaired) electrons. The number of phosphoric acid groups is 1. The zero-order valence-electron chi connectivity index (χ0n) is 16.4. The van der Waals surface area contributed by atoms with Gasteiger partial charge in [-0.15, -0.1) is 0 Å². The van der Waals surface area contributed by atoms with Crippen molar-refractivity contribution in [2.24, 2.45) is 0 Å². The van der Waals surface area contributed by atoms with Crippen molar-refractivity contribution in [1.29, 1.82) is 0 Å². The summed E-state index contributed by atoms with van der Waals surface area (Å²) < 4.78 is 19.9. The molecule has 0 aromatic carbocycles. The lowest BCUT2D eigenvalue weighted by Gasteiger charge is -2.13. The molecule has 0 aromatic rings. The lowest BCUT2D eigenvalue weighted by Crippen LogP contribution is -2.19. The lowest BCUT2D eigenvalue weighted by atomic mass is 10.1. The molecule has 0 aliphatic carbocycles. The Balaban J connectivity index is 3.45. The van der Waals surface area contributed by atoms with Gasteiger partial charge in [0.15, 0.2) is 0 Å². The fourth-order valence-corrected chi connectivity index (χ4v) is 2.91. The first kappa shape index (κ1) is 25.3. The number of carbonyl (C=O) groups is 1. The minimum absolute atomic E-state index is 0.308. The fourth-order valence-electron chi connectivity index (χ4n) is 2.51. The topological polar surface area (TPSA) is 93.1 Å². The van der Waals surface area contributed by atoms with Gasteiger partial charge in [0.1, 0.15) is 6.10 Å². The Kier molecular flexibility index (Phi) is 16.1. The van der Waals surface area contributed by atoms with Gasteiger partial charge in [-0.05, 0) is 39.0 Å². The second-order valence-corrected chi connectivity index (χ2v) is 7.95. The van der Waals surface area contributed by atoms with Crippen LogP contribution in [0.2, 0.25) is 0 Å². The Bertz CT molecular complexity index is 418. The molecule has 7 heteroatoms. The number of rotatable bonds is 17. The smallest absolute Gasteiger partial charge is 0.460 e. The van der Waals surface area contributed by atoms with Crippen molar-refractivity contribution in [3.63, 3.8) is 0 Å². The van der Waals surface area contributed by atoms with Crippen LogP contribution in [0.1, 0.15) is 90.9 Å². The molecule has 6 nitrogen and oxygen atoms in total. The number of allylic oxidation sites excluding steroid dienone is 2. The Labute approximate surface area is 158 Å². The molecule has 0 bridgehead atoms. The molecule has 0 aliphatic rings. The van der Waals surface area contributed by atoms with Crippen LogP contribution in [0.15, 0.2) is 12.2 Å². The Morgan fingerprint density at radius 3 is 2.08 bits per heavy atom. The third-order valence-electron chi connectivity index (χ3n) is 3.95. The number of hydrogen-bond donors (Lipinski definition) is 2. The number of unbranched alkanes of at least 4 members (excludes halogenated alkanes) is 9. The first-order chi connectivity index (χ1) is 12.3. The van der Waals surface area contributed by atoms with Gasteiger partial charge in [0, 0.05) is 6.42 Å². The SMILES string of the molecule is CCCCCCCCC/C=C\CCCCC(=O)O[C@@H](C)COP(=O)(O)O. The minimum Gasteiger partial charge on any atom is -0.460 e. The third kappa shape index (κ3) is 19.6. The molecule has 0 aliphatic heterocycles. The maximum absolute atomic E-state index is 11.6. The highest BCUT2D eigenvalue weighted by molar-refractivity contribution is 7.46. The molecule has 2 N–H and O–H groups in total. The van der Waals surface area contributed by atoms with E-state index >= 15 is 0 Å². The first-order valence-electron chi connectivity index (χ1n) is 9.89. The van der Waals surface area contributed by atoms with Crippen molar-refractivity contribution in [2.45, 2.75) is 97.0 Å². The molecule has 0 saturated carbocycles. The van der Waals surface area contributed by atoms with Crippen molar-refractivity contribution < 1.29 is 28.4 Å². The van der Waals surface area contributed by atoms with Gasteiger partial charge in [-0.1, -0.05) is 57.6 Å². The molecule has 0 amide bonds. The van der Waals surface area contributed by atoms with E-state index in [2.05, 4.69) is 23.6 Å². The average Bonchev–Trinajstić information content (AvgIpc) is 2.56. The van der Waals surface area contributed by atoms with E-state index in [0.29, 0.717) is 6.42 Å². The maximum atomic E-state index is 11.6. The van der Waals surface area contributed by atoms with E-state index in [4.69, 9.17) is 14.5 Å². The maximum Gasteiger partial charge on any atom is 0.469 e. The zero-order chi connectivity index (χ0) is 19.7. The summed E-state index contributed by atoms with van der Waals surface area (Å²) in [6.45, 7) is 3.47. The van der Waals surface area contributed by atoms with E-state index < -0.39 is 13.9 Å². The summed E-state index contributed by atoms with van der Waals surface area (Å²) in [7, 11) is -4.51. The summed E-state index contributed by atoms with van der Waals surface area (Å²) in [6, 6.07) is 0. The lowest BCUT2D eigenvalue weighted by molar-refractivity contribution is -0.150. The molecule has 1 atom stereocenters. The predicted molar refractivity (Wildman–Crippen MR) is 104 cm³/mol. The number of esters is 1. The van der Waals surface area contributed by atoms with Gasteiger partial charge in [-0.2, -0.15) is 0 Å². The normalized spacial score (nSPS) is 13.2. The number of carbonyl (C=O) groups excluding carboxylic acids is 1. The first-order valence-corrected chi connectivity index (χ1v) is 11.4. The second kappa shape index (κ2) is 16.5. The van der Waals surface area contributed by atoms with Crippen molar-refractivity contribution in [2.75, 3.05) is 6.61 Å². The van der Waals surface area contributed by atoms with Gasteiger partial charge in [0.25, 0.3) is 0 Å². The van der Waals surface area contributed by atoms with Gasteiger partial charge in [-0.3, -0.25) is 9.32 Å². The summed E-state index contributed by atoms with van der Waals surface area (Å²) in [6.07, 6.45) is 17.1. The van der Waals surface area contributed by atoms with Gasteiger partial charge >= 0.3 is 13.8 Å². The largest absolute Gasteiger partial charge is 0.469 e. The van der Waals surface area contributed by atoms with Crippen molar-refractivity contribution in [1.82, 2.24) is 0 Å². The van der Waals surface area contributed by atoms with Crippen LogP contribution in [-0.2, 0) is 18.6 Å². The van der Waals surface area contributed by atoms with Gasteiger partial charge in [-0.25, -0.2) is 4.57 Å². The van der Waals surface area contributed by atoms with Crippen molar-refractivity contribution >= 4 is 13.8 Å². The molecule has 154 valence electrons. The third-order valence-corrected chi connectivity index (χ3v) is 4.44. The van der Waals surface area contributed by atoms with Crippen LogP contribution in [0, 0.1) is 0 Å². The molecule has 0 unspecified atom stereocenters. The van der Waals surface area contributed by atoms with E-state index in [-0.39, 0.29) is 12.6 Å². The summed E-state index contributed by atoms with van der Waals surface area (Å²) in [5.74, 6) is -0.362. The quantitative estimate of drug-likeness (QED) is 0.151. The average molecular weight is 392 g/mol. The van der Waals surface area contributed by atoms with Gasteiger partial charge in [0.05, 0.1) is 6.61 Å². The number of hydrogen-bond acceptors (Lipinski definition) is 4. The molecule has 26 heavy (non-hydrogen) atoms. The summed E-state index contributed by atoms with van der Waals surface area (Å²) >= 11 is 0. The molecule has 0 fully saturated rings. The highest BCUT2D eigenvalue weighted by Crippen LogP contribution is 2.35. The molecule has 0 spiro atoms. The monoisotopic (exact) mass is 392 g/mol. The van der Waals surface area contributed by atoms with Crippen LogP contribution in [0.5, 0.6) is 0 Å². The fraction of sp³-hybridized carbons (Fsp3) is 0.842. The minimum atomic E-state index is -4.51. The van der Waals surface area contributed by atoms with E-state index in [1.165, 1.54) is 44.9 Å². The van der Waals surface area contributed by atoms with E-state index in [1.807, 2.05) is 0 Å². The summed E-state index contributed by atoms with van der Waals surface area (Å²) in [5.41, 5.74) is 0. The van der Waals surface area contributed by atoms with E-state index in [1.54, 1.807) is 6.92 Å². The zero-order valence-corrected chi connectivity index (χ0v) is 17.3. The number of ether oxygens (including phenoxy) is 1. The molecule has 0 heterocycles. The second-order valence-electron chi connectivity index (χ2n) is 6.71. The van der Waals surface area contributed by atoms with Crippen LogP contribution < -0.4 is 0 Å². The Morgan fingerprint density at radius 2 is 1.50 bits per heavy atom. The molecular weight excluding hydrogens is 355 g/mol. The summed E-state index contributed by atoms with van der Waals surface area (Å²) in [5, 5.41) is 0. The van der Waals surface area contributed by atoms with Crippen molar-refractivity contribution in [3.05, 3.63) is 12.2 Å². The Hall–Kier alpha value is -0.680. The predicted octanol–water partition coefficient (Wildman–Crippen LogP) is 5.28. The standard InChI is InChI=1S/C19H37O6P/c1-3-4-5-6-7-8-9-10-11-12-13-14-15-16-19(20)25-18(2)17-24-26(21,22)23/h11-12,18H,3-10,13-17H2,1-2H3,(H2,21,22,23)/b12-11-/t18-/m0/s1. The molecule has 0 rings (SSSR count). The summed E-state index contributed by atoms with van der Waals surface area (Å²) in [4.78, 5) is 28.7. The molecule has 0 aromatic heterocycles. The Morgan fingerprint density at radius 1 is 0.962 bits per heavy atom. The number of phosphoric ester groups is 1. The van der Waals surface area contributed by atoms with Crippen LogP contribution >= 0.6 is 7.82 Å². The van der Waals surface area contributed by atoms with Gasteiger partial charge in [0.2, 0.25) is 0 Å². The highest BCUT2D eigenvalue weighted by Gasteiger charge is 2.17. The highest BCUT2D eigenvalue weighted by atomic mass is 31.2. The van der Waals surface area contributed by atoms with Crippen LogP contribution in [0.25, 0.3) is 0 Å². The van der Waals surface area contributed by atoms with E-state index in [9.17, 15) is 9.36 Å². The van der Waals surface area contributed by atoms with Crippen LogP contribution in [-0.4, -0.2) is 28.5 Å².